The van der Waals surface area contributed by atoms with Gasteiger partial charge in [-0.05, 0) is 36.4 Å². The van der Waals surface area contributed by atoms with Crippen molar-refractivity contribution in [2.24, 2.45) is 0 Å². The molecule has 0 fully saturated rings. The van der Waals surface area contributed by atoms with Crippen LogP contribution >= 0.6 is 34.8 Å². The molecule has 2 rings (SSSR count). The number of rotatable bonds is 6. The first-order chi connectivity index (χ1) is 12.5. The second-order valence-electron chi connectivity index (χ2n) is 5.47. The van der Waals surface area contributed by atoms with E-state index in [1.165, 1.54) is 24.3 Å². The maximum atomic E-state index is 13.1. The summed E-state index contributed by atoms with van der Waals surface area (Å²) in [6.07, 6.45) is -5.89. The molecular formula is C16H13Cl3F3NO3S. The topological polar surface area (TPSA) is 66.4 Å². The van der Waals surface area contributed by atoms with Gasteiger partial charge in [0.2, 0.25) is 9.84 Å². The third kappa shape index (κ3) is 5.20. The number of nitrogens with one attached hydrogen (secondary N) is 1. The van der Waals surface area contributed by atoms with Crippen molar-refractivity contribution >= 4 is 50.3 Å². The third-order valence-electron chi connectivity index (χ3n) is 3.49. The van der Waals surface area contributed by atoms with Crippen molar-refractivity contribution in [1.29, 1.82) is 0 Å². The molecule has 0 saturated heterocycles. The van der Waals surface area contributed by atoms with Crippen LogP contribution in [0.3, 0.4) is 0 Å². The molecule has 0 aliphatic carbocycles. The minimum absolute atomic E-state index is 0.177. The second kappa shape index (κ2) is 8.45. The lowest BCUT2D eigenvalue weighted by atomic mass is 10.2. The van der Waals surface area contributed by atoms with Crippen LogP contribution in [0.1, 0.15) is 5.56 Å². The minimum Gasteiger partial charge on any atom is -0.390 e. The van der Waals surface area contributed by atoms with Gasteiger partial charge in [-0.25, -0.2) is 8.42 Å². The van der Waals surface area contributed by atoms with Gasteiger partial charge in [0.25, 0.3) is 0 Å². The average molecular weight is 463 g/mol. The van der Waals surface area contributed by atoms with E-state index in [1.54, 1.807) is 0 Å². The van der Waals surface area contributed by atoms with Crippen molar-refractivity contribution in [3.63, 3.8) is 0 Å². The van der Waals surface area contributed by atoms with Gasteiger partial charge in [0.1, 0.15) is 0 Å². The average Bonchev–Trinajstić information content (AvgIpc) is 2.59. The molecule has 0 radical (unpaired) electrons. The monoisotopic (exact) mass is 461 g/mol. The zero-order valence-corrected chi connectivity index (χ0v) is 16.5. The van der Waals surface area contributed by atoms with Crippen LogP contribution in [0.5, 0.6) is 0 Å². The van der Waals surface area contributed by atoms with Crippen LogP contribution in [0.4, 0.5) is 18.9 Å². The Morgan fingerprint density at radius 2 is 1.70 bits per heavy atom. The number of halogens is 6. The molecule has 0 aromatic heterocycles. The summed E-state index contributed by atoms with van der Waals surface area (Å²) in [7, 11) is -4.21. The lowest BCUT2D eigenvalue weighted by Gasteiger charge is -2.18. The molecule has 0 saturated carbocycles. The van der Waals surface area contributed by atoms with E-state index >= 15 is 0 Å². The fourth-order valence-corrected chi connectivity index (χ4v) is 4.17. The highest BCUT2D eigenvalue weighted by atomic mass is 35.5. The van der Waals surface area contributed by atoms with Crippen LogP contribution in [-0.4, -0.2) is 32.1 Å². The lowest BCUT2D eigenvalue weighted by Crippen LogP contribution is -2.22. The first-order valence-corrected chi connectivity index (χ1v) is 10.1. The summed E-state index contributed by atoms with van der Waals surface area (Å²) < 4.78 is 65.2. The number of sulfone groups is 1. The van der Waals surface area contributed by atoms with Crippen molar-refractivity contribution in [1.82, 2.24) is 0 Å². The Labute approximate surface area is 168 Å². The van der Waals surface area contributed by atoms with Crippen molar-refractivity contribution in [3.05, 3.63) is 52.0 Å². The van der Waals surface area contributed by atoms with Gasteiger partial charge in [-0.1, -0.05) is 23.2 Å². The summed E-state index contributed by atoms with van der Waals surface area (Å²) in [6, 6.07) is 6.44. The number of anilines is 1. The van der Waals surface area contributed by atoms with Gasteiger partial charge in [-0.2, -0.15) is 13.2 Å². The first kappa shape index (κ1) is 22.1. The van der Waals surface area contributed by atoms with E-state index < -0.39 is 37.6 Å². The van der Waals surface area contributed by atoms with Crippen LogP contribution in [-0.2, 0) is 16.0 Å². The molecule has 2 aromatic rings. The van der Waals surface area contributed by atoms with Gasteiger partial charge in [0, 0.05) is 11.6 Å². The Balaban J connectivity index is 2.62. The molecule has 0 spiro atoms. The Kier molecular flexibility index (Phi) is 6.91. The highest BCUT2D eigenvalue weighted by molar-refractivity contribution is 7.91. The molecule has 11 heteroatoms. The molecular weight excluding hydrogens is 450 g/mol. The molecule has 2 aromatic carbocycles. The smallest absolute Gasteiger partial charge is 0.390 e. The fourth-order valence-electron chi connectivity index (χ4n) is 2.16. The van der Waals surface area contributed by atoms with Crippen molar-refractivity contribution < 1.29 is 26.7 Å². The quantitative estimate of drug-likeness (QED) is 0.602. The summed E-state index contributed by atoms with van der Waals surface area (Å²) in [5.74, 6) is -0.189. The second-order valence-corrected chi connectivity index (χ2v) is 8.54. The van der Waals surface area contributed by atoms with E-state index in [4.69, 9.17) is 34.8 Å². The molecule has 4 nitrogen and oxygen atoms in total. The molecule has 0 aliphatic heterocycles. The Morgan fingerprint density at radius 1 is 1.11 bits per heavy atom. The molecule has 0 aliphatic rings. The van der Waals surface area contributed by atoms with Gasteiger partial charge in [-0.15, -0.1) is 11.6 Å². The minimum atomic E-state index is -4.79. The van der Waals surface area contributed by atoms with Gasteiger partial charge in [0.05, 0.1) is 38.0 Å². The molecule has 148 valence electrons. The molecule has 1 unspecified atom stereocenters. The van der Waals surface area contributed by atoms with E-state index in [1.807, 2.05) is 0 Å². The highest BCUT2D eigenvalue weighted by Crippen LogP contribution is 2.40. The van der Waals surface area contributed by atoms with E-state index in [-0.39, 0.29) is 23.0 Å². The van der Waals surface area contributed by atoms with Gasteiger partial charge < -0.3 is 10.4 Å². The number of aliphatic hydroxyl groups is 1. The van der Waals surface area contributed by atoms with Crippen molar-refractivity contribution in [2.45, 2.75) is 22.1 Å². The molecule has 27 heavy (non-hydrogen) atoms. The number of aliphatic hydroxyl groups excluding tert-OH is 1. The number of hydrogen-bond acceptors (Lipinski definition) is 4. The molecule has 2 N–H and O–H groups in total. The first-order valence-electron chi connectivity index (χ1n) is 7.36. The van der Waals surface area contributed by atoms with Crippen LogP contribution in [0.25, 0.3) is 0 Å². The summed E-state index contributed by atoms with van der Waals surface area (Å²) >= 11 is 16.9. The van der Waals surface area contributed by atoms with Crippen molar-refractivity contribution in [2.75, 3.05) is 17.7 Å². The van der Waals surface area contributed by atoms with Crippen LogP contribution in [0.2, 0.25) is 10.0 Å². The number of alkyl halides is 4. The van der Waals surface area contributed by atoms with Gasteiger partial charge >= 0.3 is 6.18 Å². The Morgan fingerprint density at radius 3 is 2.22 bits per heavy atom. The highest BCUT2D eigenvalue weighted by Gasteiger charge is 2.35. The summed E-state index contributed by atoms with van der Waals surface area (Å²) in [4.78, 5) is -0.645. The maximum Gasteiger partial charge on any atom is 0.417 e. The molecule has 0 heterocycles. The van der Waals surface area contributed by atoms with Gasteiger partial charge in [-0.3, -0.25) is 0 Å². The molecule has 1 atom stereocenters. The molecule has 0 amide bonds. The zero-order valence-electron chi connectivity index (χ0n) is 13.4. The lowest BCUT2D eigenvalue weighted by molar-refractivity contribution is -0.137. The number of hydrogen-bond donors (Lipinski definition) is 2. The zero-order chi connectivity index (χ0) is 20.4. The largest absolute Gasteiger partial charge is 0.417 e. The summed E-state index contributed by atoms with van der Waals surface area (Å²) in [6.45, 7) is -0.258. The predicted molar refractivity (Wildman–Crippen MR) is 98.6 cm³/mol. The van der Waals surface area contributed by atoms with E-state index in [2.05, 4.69) is 5.32 Å². The van der Waals surface area contributed by atoms with Crippen LogP contribution in [0.15, 0.2) is 46.2 Å². The Bertz CT molecular complexity index is 919. The van der Waals surface area contributed by atoms with Crippen LogP contribution < -0.4 is 5.32 Å². The fraction of sp³-hybridized carbons (Fsp3) is 0.250. The normalized spacial score (nSPS) is 13.4. The molecule has 0 bridgehead atoms. The van der Waals surface area contributed by atoms with Crippen molar-refractivity contribution in [3.8, 4) is 0 Å². The Hall–Kier alpha value is -1.19. The summed E-state index contributed by atoms with van der Waals surface area (Å²) in [5, 5.41) is 11.6. The maximum absolute atomic E-state index is 13.1. The summed E-state index contributed by atoms with van der Waals surface area (Å²) in [5.41, 5.74) is -1.56. The van der Waals surface area contributed by atoms with E-state index in [0.29, 0.717) is 11.1 Å². The third-order valence-corrected chi connectivity index (χ3v) is 6.22. The van der Waals surface area contributed by atoms with E-state index in [0.717, 1.165) is 6.07 Å². The predicted octanol–water partition coefficient (Wildman–Crippen LogP) is 4.86. The van der Waals surface area contributed by atoms with Gasteiger partial charge in [0.15, 0.2) is 0 Å². The standard InChI is InChI=1S/C16H13Cl3F3NO3S/c17-7-10(24)8-23-14-5-12(16(20,21)22)13(19)6-15(14)27(25,26)11-3-1-9(18)2-4-11/h1-6,10,23-24H,7-8H2. The number of benzene rings is 2. The van der Waals surface area contributed by atoms with E-state index in [9.17, 15) is 26.7 Å². The van der Waals surface area contributed by atoms with Crippen LogP contribution in [0, 0.1) is 0 Å². The SMILES string of the molecule is O=S(=O)(c1ccc(Cl)cc1)c1cc(Cl)c(C(F)(F)F)cc1NCC(O)CCl.